The summed E-state index contributed by atoms with van der Waals surface area (Å²) in [5.74, 6) is 0.913. The van der Waals surface area contributed by atoms with Crippen molar-refractivity contribution in [3.05, 3.63) is 60.4 Å². The molecule has 1 aromatic heterocycles. The smallest absolute Gasteiger partial charge is 0.234 e. The molecule has 1 atom stereocenters. The maximum absolute atomic E-state index is 12.2. The quantitative estimate of drug-likeness (QED) is 0.848. The molecule has 1 aromatic carbocycles. The number of benzene rings is 1. The maximum Gasteiger partial charge on any atom is 0.234 e. The molecule has 1 saturated heterocycles. The summed E-state index contributed by atoms with van der Waals surface area (Å²) in [5.41, 5.74) is 0.872. The van der Waals surface area contributed by atoms with E-state index in [4.69, 9.17) is 4.74 Å². The maximum atomic E-state index is 12.2. The van der Waals surface area contributed by atoms with Crippen LogP contribution in [0, 0.1) is 0 Å². The highest BCUT2D eigenvalue weighted by Gasteiger charge is 2.26. The zero-order valence-corrected chi connectivity index (χ0v) is 13.7. The van der Waals surface area contributed by atoms with E-state index in [2.05, 4.69) is 15.2 Å². The Hall–Kier alpha value is -2.40. The first-order valence-electron chi connectivity index (χ1n) is 8.40. The van der Waals surface area contributed by atoms with Crippen LogP contribution in [0.5, 0.6) is 5.75 Å². The highest BCUT2D eigenvalue weighted by Crippen LogP contribution is 2.18. The van der Waals surface area contributed by atoms with Gasteiger partial charge in [0.1, 0.15) is 12.4 Å². The molecule has 1 N–H and O–H groups in total. The number of carbonyl (C=O) groups excluding carboxylic acids is 1. The van der Waals surface area contributed by atoms with E-state index in [1.165, 1.54) is 0 Å². The van der Waals surface area contributed by atoms with Gasteiger partial charge >= 0.3 is 0 Å². The zero-order chi connectivity index (χ0) is 16.6. The highest BCUT2D eigenvalue weighted by molar-refractivity contribution is 5.78. The van der Waals surface area contributed by atoms with Crippen molar-refractivity contribution in [1.29, 1.82) is 0 Å². The molecule has 0 saturated carbocycles. The molecule has 24 heavy (non-hydrogen) atoms. The summed E-state index contributed by atoms with van der Waals surface area (Å²) in [6.45, 7) is 2.45. The fourth-order valence-corrected chi connectivity index (χ4v) is 2.93. The van der Waals surface area contributed by atoms with E-state index in [1.54, 1.807) is 6.20 Å². The van der Waals surface area contributed by atoms with Crippen LogP contribution >= 0.6 is 0 Å². The van der Waals surface area contributed by atoms with Gasteiger partial charge in [0, 0.05) is 12.2 Å². The van der Waals surface area contributed by atoms with E-state index in [0.717, 1.165) is 30.8 Å². The van der Waals surface area contributed by atoms with Crippen LogP contribution in [0.1, 0.15) is 18.5 Å². The van der Waals surface area contributed by atoms with Gasteiger partial charge in [0.15, 0.2) is 0 Å². The third-order valence-corrected chi connectivity index (χ3v) is 4.22. The average Bonchev–Trinajstić information content (AvgIpc) is 3.07. The van der Waals surface area contributed by atoms with Gasteiger partial charge in [-0.1, -0.05) is 24.3 Å². The van der Waals surface area contributed by atoms with Crippen LogP contribution < -0.4 is 10.1 Å². The van der Waals surface area contributed by atoms with Gasteiger partial charge in [-0.2, -0.15) is 0 Å². The summed E-state index contributed by atoms with van der Waals surface area (Å²) in [7, 11) is 0. The van der Waals surface area contributed by atoms with Crippen molar-refractivity contribution in [1.82, 2.24) is 15.2 Å². The molecule has 2 heterocycles. The fourth-order valence-electron chi connectivity index (χ4n) is 2.93. The molecular weight excluding hydrogens is 302 g/mol. The molecule has 0 aliphatic carbocycles. The number of para-hydroxylation sites is 1. The topological polar surface area (TPSA) is 54.5 Å². The number of likely N-dealkylation sites (tertiary alicyclic amines) is 1. The second-order valence-electron chi connectivity index (χ2n) is 5.99. The number of ether oxygens (including phenoxy) is 1. The minimum absolute atomic E-state index is 0.0345. The third-order valence-electron chi connectivity index (χ3n) is 4.22. The summed E-state index contributed by atoms with van der Waals surface area (Å²) < 4.78 is 5.85. The van der Waals surface area contributed by atoms with Crippen molar-refractivity contribution in [2.45, 2.75) is 25.4 Å². The first-order chi connectivity index (χ1) is 11.8. The molecule has 0 radical (unpaired) electrons. The number of hydrogen-bond donors (Lipinski definition) is 1. The van der Waals surface area contributed by atoms with Crippen molar-refractivity contribution >= 4 is 5.91 Å². The molecule has 0 unspecified atom stereocenters. The van der Waals surface area contributed by atoms with Gasteiger partial charge in [0.25, 0.3) is 0 Å². The van der Waals surface area contributed by atoms with Gasteiger partial charge < -0.3 is 10.1 Å². The molecule has 0 bridgehead atoms. The number of rotatable bonds is 7. The Morgan fingerprint density at radius 3 is 2.83 bits per heavy atom. The van der Waals surface area contributed by atoms with Crippen LogP contribution in [-0.2, 0) is 11.3 Å². The predicted molar refractivity (Wildman–Crippen MR) is 92.6 cm³/mol. The first-order valence-corrected chi connectivity index (χ1v) is 8.40. The largest absolute Gasteiger partial charge is 0.492 e. The van der Waals surface area contributed by atoms with Gasteiger partial charge in [-0.05, 0) is 43.7 Å². The number of amides is 1. The molecular formula is C19H23N3O2. The van der Waals surface area contributed by atoms with Gasteiger partial charge in [0.05, 0.1) is 18.8 Å². The van der Waals surface area contributed by atoms with Crippen molar-refractivity contribution in [3.8, 4) is 5.75 Å². The lowest BCUT2D eigenvalue weighted by molar-refractivity contribution is -0.122. The first kappa shape index (κ1) is 16.5. The molecule has 126 valence electrons. The van der Waals surface area contributed by atoms with Crippen LogP contribution in [0.4, 0.5) is 0 Å². The Kier molecular flexibility index (Phi) is 5.80. The average molecular weight is 325 g/mol. The van der Waals surface area contributed by atoms with Crippen LogP contribution in [0.25, 0.3) is 0 Å². The Balaban J connectivity index is 1.44. The number of nitrogens with one attached hydrogen (secondary N) is 1. The number of pyridine rings is 1. The summed E-state index contributed by atoms with van der Waals surface area (Å²) in [5, 5.41) is 2.94. The van der Waals surface area contributed by atoms with E-state index in [-0.39, 0.29) is 5.91 Å². The van der Waals surface area contributed by atoms with Crippen LogP contribution in [0.2, 0.25) is 0 Å². The number of hydrogen-bond acceptors (Lipinski definition) is 4. The van der Waals surface area contributed by atoms with Crippen molar-refractivity contribution in [2.24, 2.45) is 0 Å². The van der Waals surface area contributed by atoms with E-state index < -0.39 is 0 Å². The lowest BCUT2D eigenvalue weighted by Crippen LogP contribution is -2.41. The van der Waals surface area contributed by atoms with Crippen molar-refractivity contribution < 1.29 is 9.53 Å². The second-order valence-corrected chi connectivity index (χ2v) is 5.99. The van der Waals surface area contributed by atoms with Gasteiger partial charge in [-0.25, -0.2) is 0 Å². The third kappa shape index (κ3) is 4.80. The van der Waals surface area contributed by atoms with E-state index in [0.29, 0.717) is 25.7 Å². The summed E-state index contributed by atoms with van der Waals surface area (Å²) in [4.78, 5) is 18.6. The molecule has 5 heteroatoms. The Morgan fingerprint density at radius 1 is 1.21 bits per heavy atom. The predicted octanol–water partition coefficient (Wildman–Crippen LogP) is 2.24. The van der Waals surface area contributed by atoms with Crippen molar-refractivity contribution in [3.63, 3.8) is 0 Å². The fraction of sp³-hybridized carbons (Fsp3) is 0.368. The van der Waals surface area contributed by atoms with Gasteiger partial charge in [-0.15, -0.1) is 0 Å². The van der Waals surface area contributed by atoms with E-state index in [9.17, 15) is 4.79 Å². The lowest BCUT2D eigenvalue weighted by Gasteiger charge is -2.24. The standard InChI is InChI=1S/C19H23N3O2/c23-19(21-13-16-7-4-5-11-20-16)14-22-12-6-8-17(22)15-24-18-9-2-1-3-10-18/h1-5,7,9-11,17H,6,8,12-15H2,(H,21,23)/t17-/m1/s1. The lowest BCUT2D eigenvalue weighted by atomic mass is 10.2. The summed E-state index contributed by atoms with van der Waals surface area (Å²) >= 11 is 0. The minimum Gasteiger partial charge on any atom is -0.492 e. The molecule has 0 spiro atoms. The monoisotopic (exact) mass is 325 g/mol. The Bertz CT molecular complexity index is 634. The number of nitrogens with zero attached hydrogens (tertiary/aromatic N) is 2. The molecule has 1 amide bonds. The molecule has 1 fully saturated rings. The zero-order valence-electron chi connectivity index (χ0n) is 13.7. The number of carbonyl (C=O) groups is 1. The molecule has 1 aliphatic heterocycles. The number of aromatic nitrogens is 1. The Labute approximate surface area is 142 Å². The van der Waals surface area contributed by atoms with Gasteiger partial charge in [-0.3, -0.25) is 14.7 Å². The summed E-state index contributed by atoms with van der Waals surface area (Å²) in [6, 6.07) is 15.8. The molecule has 3 rings (SSSR count). The highest BCUT2D eigenvalue weighted by atomic mass is 16.5. The minimum atomic E-state index is 0.0345. The normalized spacial score (nSPS) is 17.6. The molecule has 1 aliphatic rings. The molecule has 5 nitrogen and oxygen atoms in total. The molecule has 2 aromatic rings. The SMILES string of the molecule is O=C(CN1CCC[C@@H]1COc1ccccc1)NCc1ccccn1. The van der Waals surface area contributed by atoms with E-state index in [1.807, 2.05) is 48.5 Å². The Morgan fingerprint density at radius 2 is 2.04 bits per heavy atom. The van der Waals surface area contributed by atoms with Crippen LogP contribution in [0.3, 0.4) is 0 Å². The van der Waals surface area contributed by atoms with Crippen LogP contribution in [-0.4, -0.2) is 41.5 Å². The van der Waals surface area contributed by atoms with Crippen LogP contribution in [0.15, 0.2) is 54.7 Å². The van der Waals surface area contributed by atoms with Crippen molar-refractivity contribution in [2.75, 3.05) is 19.7 Å². The summed E-state index contributed by atoms with van der Waals surface area (Å²) in [6.07, 6.45) is 3.91. The van der Waals surface area contributed by atoms with Gasteiger partial charge in [0.2, 0.25) is 5.91 Å². The van der Waals surface area contributed by atoms with E-state index >= 15 is 0 Å². The second kappa shape index (κ2) is 8.45.